The molecule has 0 fully saturated rings. The minimum absolute atomic E-state index is 0.0476. The zero-order valence-corrected chi connectivity index (χ0v) is 19.9. The molecule has 0 aliphatic rings. The van der Waals surface area contributed by atoms with Gasteiger partial charge in [-0.2, -0.15) is 8.75 Å². The molecule has 0 aliphatic carbocycles. The number of para-hydroxylation sites is 1. The van der Waals surface area contributed by atoms with Crippen LogP contribution in [0.4, 0.5) is 15.9 Å². The zero-order chi connectivity index (χ0) is 24.1. The summed E-state index contributed by atoms with van der Waals surface area (Å²) >= 11 is 4.43. The highest BCUT2D eigenvalue weighted by Gasteiger charge is 2.26. The summed E-state index contributed by atoms with van der Waals surface area (Å²) in [5.74, 6) is -0.787. The van der Waals surface area contributed by atoms with E-state index in [2.05, 4.69) is 14.1 Å². The Hall–Kier alpha value is -3.18. The van der Waals surface area contributed by atoms with Crippen molar-refractivity contribution in [2.45, 2.75) is 13.0 Å². The molecular weight excluding hydrogens is 499 g/mol. The van der Waals surface area contributed by atoms with Crippen LogP contribution in [0.2, 0.25) is 5.02 Å². The molecule has 174 valence electrons. The smallest absolute Gasteiger partial charge is 0.268 e. The molecule has 2 N–H and O–H groups in total. The molecule has 7 nitrogen and oxygen atoms in total. The summed E-state index contributed by atoms with van der Waals surface area (Å²) in [6.45, 7) is 0.0476. The van der Waals surface area contributed by atoms with E-state index in [4.69, 9.17) is 11.6 Å². The normalized spacial score (nSPS) is 11.7. The fourth-order valence-corrected chi connectivity index (χ4v) is 4.76. The number of benzene rings is 3. The van der Waals surface area contributed by atoms with Crippen LogP contribution in [0.15, 0.2) is 72.8 Å². The van der Waals surface area contributed by atoms with E-state index in [0.717, 1.165) is 27.7 Å². The van der Waals surface area contributed by atoms with Gasteiger partial charge in [0.2, 0.25) is 0 Å². The number of hydrogen-bond acceptors (Lipinski definition) is 5. The van der Waals surface area contributed by atoms with Crippen molar-refractivity contribution in [1.82, 2.24) is 14.1 Å². The van der Waals surface area contributed by atoms with Gasteiger partial charge < -0.3 is 5.32 Å². The molecule has 1 unspecified atom stereocenters. The SMILES string of the molecule is O=C(NCc1ccc(F)cc1Cl)c1ccccc1N(c1nsnc1Cc1ccccc1)S(=O)O. The van der Waals surface area contributed by atoms with E-state index in [1.54, 1.807) is 18.2 Å². The number of rotatable bonds is 8. The molecule has 11 heteroatoms. The van der Waals surface area contributed by atoms with E-state index < -0.39 is 23.0 Å². The summed E-state index contributed by atoms with van der Waals surface area (Å²) in [5, 5.41) is 2.91. The lowest BCUT2D eigenvalue weighted by atomic mass is 10.1. The Labute approximate surface area is 207 Å². The van der Waals surface area contributed by atoms with Crippen molar-refractivity contribution in [2.24, 2.45) is 0 Å². The number of carbonyl (C=O) groups excluding carboxylic acids is 1. The van der Waals surface area contributed by atoms with Gasteiger partial charge in [-0.3, -0.25) is 9.35 Å². The maximum absolute atomic E-state index is 13.3. The summed E-state index contributed by atoms with van der Waals surface area (Å²) in [7, 11) is 0. The molecule has 1 amide bonds. The minimum Gasteiger partial charge on any atom is -0.348 e. The summed E-state index contributed by atoms with van der Waals surface area (Å²) in [6.07, 6.45) is 0.401. The molecule has 0 saturated carbocycles. The van der Waals surface area contributed by atoms with E-state index in [-0.39, 0.29) is 28.6 Å². The van der Waals surface area contributed by atoms with Crippen molar-refractivity contribution in [3.05, 3.63) is 106 Å². The zero-order valence-electron chi connectivity index (χ0n) is 17.5. The van der Waals surface area contributed by atoms with Gasteiger partial charge in [0, 0.05) is 18.0 Å². The number of aromatic nitrogens is 2. The lowest BCUT2D eigenvalue weighted by molar-refractivity contribution is 0.0951. The molecule has 34 heavy (non-hydrogen) atoms. The monoisotopic (exact) mass is 516 g/mol. The lowest BCUT2D eigenvalue weighted by Crippen LogP contribution is -2.28. The van der Waals surface area contributed by atoms with Gasteiger partial charge in [-0.15, -0.1) is 0 Å². The summed E-state index contributed by atoms with van der Waals surface area (Å²) in [5.41, 5.74) is 2.34. The average molecular weight is 517 g/mol. The second-order valence-electron chi connectivity index (χ2n) is 7.16. The van der Waals surface area contributed by atoms with E-state index in [1.165, 1.54) is 18.2 Å². The summed E-state index contributed by atoms with van der Waals surface area (Å²) in [4.78, 5) is 13.0. The number of nitrogens with one attached hydrogen (secondary N) is 1. The van der Waals surface area contributed by atoms with Crippen molar-refractivity contribution in [1.29, 1.82) is 0 Å². The highest BCUT2D eigenvalue weighted by molar-refractivity contribution is 7.81. The van der Waals surface area contributed by atoms with Gasteiger partial charge in [-0.05, 0) is 35.4 Å². The fourth-order valence-electron chi connectivity index (χ4n) is 3.31. The largest absolute Gasteiger partial charge is 0.348 e. The molecule has 1 aromatic heterocycles. The number of hydrogen-bond donors (Lipinski definition) is 2. The Kier molecular flexibility index (Phi) is 7.63. The molecule has 0 radical (unpaired) electrons. The van der Waals surface area contributed by atoms with Crippen LogP contribution in [-0.4, -0.2) is 23.4 Å². The van der Waals surface area contributed by atoms with Crippen LogP contribution in [0.25, 0.3) is 0 Å². The first-order valence-electron chi connectivity index (χ1n) is 10.0. The molecule has 0 saturated heterocycles. The highest BCUT2D eigenvalue weighted by Crippen LogP contribution is 2.32. The van der Waals surface area contributed by atoms with Gasteiger partial charge in [0.1, 0.15) is 11.5 Å². The first-order valence-corrected chi connectivity index (χ1v) is 12.2. The van der Waals surface area contributed by atoms with Gasteiger partial charge in [0.25, 0.3) is 17.2 Å². The Morgan fingerprint density at radius 1 is 1.09 bits per heavy atom. The van der Waals surface area contributed by atoms with Crippen molar-refractivity contribution in [2.75, 3.05) is 4.31 Å². The predicted molar refractivity (Wildman–Crippen MR) is 131 cm³/mol. The maximum atomic E-state index is 13.3. The van der Waals surface area contributed by atoms with Gasteiger partial charge in [-0.1, -0.05) is 60.1 Å². The molecule has 0 aliphatic heterocycles. The van der Waals surface area contributed by atoms with E-state index in [0.29, 0.717) is 17.7 Å². The molecule has 1 atom stereocenters. The molecular formula is C23H18ClFN4O3S2. The van der Waals surface area contributed by atoms with Crippen molar-refractivity contribution < 1.29 is 17.9 Å². The number of amides is 1. The van der Waals surface area contributed by atoms with Gasteiger partial charge in [-0.25, -0.2) is 12.9 Å². The van der Waals surface area contributed by atoms with Crippen LogP contribution in [-0.2, 0) is 24.2 Å². The van der Waals surface area contributed by atoms with Crippen molar-refractivity contribution in [3.8, 4) is 0 Å². The number of carbonyl (C=O) groups is 1. The van der Waals surface area contributed by atoms with Crippen LogP contribution in [0, 0.1) is 5.82 Å². The third kappa shape index (κ3) is 5.48. The Morgan fingerprint density at radius 3 is 2.56 bits per heavy atom. The van der Waals surface area contributed by atoms with Crippen molar-refractivity contribution >= 4 is 52.0 Å². The van der Waals surface area contributed by atoms with Crippen LogP contribution in [0.5, 0.6) is 0 Å². The molecule has 4 aromatic rings. The van der Waals surface area contributed by atoms with Crippen LogP contribution in [0.3, 0.4) is 0 Å². The average Bonchev–Trinajstić information content (AvgIpc) is 3.26. The number of halogens is 2. The minimum atomic E-state index is -2.53. The lowest BCUT2D eigenvalue weighted by Gasteiger charge is -2.21. The molecule has 3 aromatic carbocycles. The quantitative estimate of drug-likeness (QED) is 0.317. The van der Waals surface area contributed by atoms with Gasteiger partial charge in [0.15, 0.2) is 5.82 Å². The standard InChI is InChI=1S/C23H18ClFN4O3S2/c24-19-13-17(25)11-10-16(19)14-26-23(30)18-8-4-5-9-21(18)29(34(31)32)22-20(27-33-28-22)12-15-6-2-1-3-7-15/h1-11,13H,12,14H2,(H,26,30)(H,31,32). The number of nitrogens with zero attached hydrogens (tertiary/aromatic N) is 3. The van der Waals surface area contributed by atoms with E-state index in [1.807, 2.05) is 30.3 Å². The second kappa shape index (κ2) is 10.8. The Bertz CT molecular complexity index is 1340. The molecule has 1 heterocycles. The number of anilines is 2. The third-order valence-corrected chi connectivity index (χ3v) is 6.51. The van der Waals surface area contributed by atoms with E-state index >= 15 is 0 Å². The highest BCUT2D eigenvalue weighted by atomic mass is 35.5. The first-order chi connectivity index (χ1) is 16.4. The predicted octanol–water partition coefficient (Wildman–Crippen LogP) is 5.13. The summed E-state index contributed by atoms with van der Waals surface area (Å²) < 4.78 is 45.5. The first kappa shape index (κ1) is 24.0. The maximum Gasteiger partial charge on any atom is 0.268 e. The van der Waals surface area contributed by atoms with Gasteiger partial charge in [0.05, 0.1) is 23.0 Å². The Balaban J connectivity index is 1.63. The van der Waals surface area contributed by atoms with Crippen molar-refractivity contribution in [3.63, 3.8) is 0 Å². The fraction of sp³-hybridized carbons (Fsp3) is 0.0870. The van der Waals surface area contributed by atoms with E-state index in [9.17, 15) is 17.9 Å². The van der Waals surface area contributed by atoms with Crippen LogP contribution < -0.4 is 9.62 Å². The van der Waals surface area contributed by atoms with Crippen LogP contribution >= 0.6 is 23.3 Å². The third-order valence-electron chi connectivity index (χ3n) is 4.92. The molecule has 0 bridgehead atoms. The molecule has 4 rings (SSSR count). The summed E-state index contributed by atoms with van der Waals surface area (Å²) in [6, 6.07) is 19.8. The van der Waals surface area contributed by atoms with Gasteiger partial charge >= 0.3 is 0 Å². The Morgan fingerprint density at radius 2 is 1.82 bits per heavy atom. The van der Waals surface area contributed by atoms with Crippen LogP contribution in [0.1, 0.15) is 27.2 Å². The topological polar surface area (TPSA) is 95.4 Å². The molecule has 0 spiro atoms. The second-order valence-corrected chi connectivity index (χ2v) is 8.92.